The van der Waals surface area contributed by atoms with Crippen molar-refractivity contribution < 1.29 is 48.5 Å². The molecule has 1 aliphatic heterocycles. The molecule has 1 fully saturated rings. The van der Waals surface area contributed by atoms with Crippen LogP contribution >= 0.6 is 7.82 Å². The first-order valence-electron chi connectivity index (χ1n) is 14.0. The van der Waals surface area contributed by atoms with Crippen LogP contribution in [-0.2, 0) is 23.4 Å². The lowest BCUT2D eigenvalue weighted by Crippen LogP contribution is -2.33. The molecular weight excluding hydrogens is 563 g/mol. The van der Waals surface area contributed by atoms with Gasteiger partial charge >= 0.3 is 25.5 Å². The predicted octanol–water partition coefficient (Wildman–Crippen LogP) is 3.47. The second-order valence-electron chi connectivity index (χ2n) is 9.81. The van der Waals surface area contributed by atoms with E-state index in [2.05, 4.69) is 23.4 Å². The van der Waals surface area contributed by atoms with Crippen molar-refractivity contribution in [3.8, 4) is 0 Å². The number of phosphoric ester groups is 1. The maximum absolute atomic E-state index is 11.7. The molecule has 41 heavy (non-hydrogen) atoms. The molecule has 1 aromatic heterocycles. The highest BCUT2D eigenvalue weighted by atomic mass is 31.2. The molecule has 0 unspecified atom stereocenters. The van der Waals surface area contributed by atoms with Gasteiger partial charge in [0.15, 0.2) is 0 Å². The fourth-order valence-corrected chi connectivity index (χ4v) is 4.11. The van der Waals surface area contributed by atoms with E-state index in [9.17, 15) is 28.8 Å². The van der Waals surface area contributed by atoms with Crippen LogP contribution in [0.5, 0.6) is 0 Å². The van der Waals surface area contributed by atoms with Crippen LogP contribution in [0.1, 0.15) is 109 Å². The number of aliphatic hydroxyl groups excluding tert-OH is 1. The van der Waals surface area contributed by atoms with Crippen molar-refractivity contribution in [3.63, 3.8) is 0 Å². The number of hydrogen-bond acceptors (Lipinski definition) is 8. The average molecular weight is 611 g/mol. The van der Waals surface area contributed by atoms with E-state index in [1.165, 1.54) is 51.6 Å². The minimum absolute atomic E-state index is 0.0283. The van der Waals surface area contributed by atoms with Gasteiger partial charge in [0.05, 0.1) is 12.7 Å². The highest BCUT2D eigenvalue weighted by Crippen LogP contribution is 2.38. The summed E-state index contributed by atoms with van der Waals surface area (Å²) in [5.74, 6) is -1.34. The average Bonchev–Trinajstić information content (AvgIpc) is 3.25. The van der Waals surface area contributed by atoms with E-state index in [0.29, 0.717) is 18.4 Å². The van der Waals surface area contributed by atoms with Crippen molar-refractivity contribution in [1.29, 1.82) is 0 Å². The van der Waals surface area contributed by atoms with Gasteiger partial charge in [-0.1, -0.05) is 65.2 Å². The lowest BCUT2D eigenvalue weighted by Gasteiger charge is -2.16. The first kappa shape index (κ1) is 38.6. The number of nitrogens with one attached hydrogen (secondary N) is 1. The minimum Gasteiger partial charge on any atom is -0.481 e. The lowest BCUT2D eigenvalue weighted by atomic mass is 10.1. The topological polar surface area (TPSA) is 226 Å². The van der Waals surface area contributed by atoms with Gasteiger partial charge < -0.3 is 29.8 Å². The van der Waals surface area contributed by atoms with Gasteiger partial charge in [-0.15, -0.1) is 0 Å². The molecule has 3 atom stereocenters. The van der Waals surface area contributed by atoms with Crippen LogP contribution in [0.4, 0.5) is 0 Å². The Hall–Kier alpha value is -2.35. The molecule has 2 rings (SSSR count). The van der Waals surface area contributed by atoms with Gasteiger partial charge in [-0.25, -0.2) is 9.36 Å². The van der Waals surface area contributed by atoms with E-state index in [1.54, 1.807) is 0 Å². The summed E-state index contributed by atoms with van der Waals surface area (Å²) in [6.45, 7) is 5.29. The third-order valence-corrected chi connectivity index (χ3v) is 6.54. The summed E-state index contributed by atoms with van der Waals surface area (Å²) in [6.07, 6.45) is 10.2. The highest BCUT2D eigenvalue weighted by molar-refractivity contribution is 7.46. The Bertz CT molecular complexity index is 1030. The number of hydrogen-bond donors (Lipinski definition) is 6. The zero-order valence-corrected chi connectivity index (χ0v) is 25.1. The van der Waals surface area contributed by atoms with Crippen LogP contribution in [0.25, 0.3) is 0 Å². The first-order chi connectivity index (χ1) is 19.2. The standard InChI is InChI=1S/C10H15N2O8P.2C8H16O2/c1-5-3-12(10(15)11-9(5)14)8-2-6(13)7(20-8)4-19-21(16,17)18;2*1-2-3-4-5-6-7-8(9)10/h3,6-8,13H,2,4H2,1H3,(H,11,14,15)(H2,16,17,18);2*2-7H2,1H3,(H,9,10)/t6-,7+,8+;;/m0../s1. The molecule has 15 heteroatoms. The van der Waals surface area contributed by atoms with Crippen LogP contribution in [0, 0.1) is 6.92 Å². The number of rotatable bonds is 16. The summed E-state index contributed by atoms with van der Waals surface area (Å²) in [4.78, 5) is 62.4. The normalized spacial score (nSPS) is 18.1. The number of ether oxygens (including phenoxy) is 1. The molecule has 1 saturated heterocycles. The number of carboxylic acids is 2. The molecule has 0 aliphatic carbocycles. The van der Waals surface area contributed by atoms with Crippen molar-refractivity contribution in [1.82, 2.24) is 9.55 Å². The smallest absolute Gasteiger partial charge is 0.469 e. The van der Waals surface area contributed by atoms with Crippen LogP contribution in [-0.4, -0.2) is 65.4 Å². The third kappa shape index (κ3) is 19.4. The number of nitrogens with zero attached hydrogens (tertiary/aromatic N) is 1. The Labute approximate surface area is 240 Å². The van der Waals surface area contributed by atoms with Crippen LogP contribution in [0.15, 0.2) is 15.8 Å². The van der Waals surface area contributed by atoms with Gasteiger partial charge in [-0.3, -0.25) is 28.5 Å². The highest BCUT2D eigenvalue weighted by Gasteiger charge is 2.37. The number of aromatic amines is 1. The summed E-state index contributed by atoms with van der Waals surface area (Å²) in [7, 11) is -4.67. The van der Waals surface area contributed by atoms with Gasteiger partial charge in [0, 0.05) is 31.0 Å². The van der Waals surface area contributed by atoms with Crippen LogP contribution in [0.3, 0.4) is 0 Å². The number of aliphatic hydroxyl groups is 1. The summed E-state index contributed by atoms with van der Waals surface area (Å²) < 4.78 is 21.4. The fourth-order valence-electron chi connectivity index (χ4n) is 3.77. The van der Waals surface area contributed by atoms with Crippen molar-refractivity contribution in [2.75, 3.05) is 6.61 Å². The molecule has 1 aromatic rings. The van der Waals surface area contributed by atoms with E-state index < -0.39 is 56.1 Å². The second-order valence-corrected chi connectivity index (χ2v) is 11.1. The Kier molecular flexibility index (Phi) is 20.1. The minimum atomic E-state index is -4.67. The van der Waals surface area contributed by atoms with Crippen LogP contribution < -0.4 is 11.2 Å². The Morgan fingerprint density at radius 3 is 1.90 bits per heavy atom. The first-order valence-corrected chi connectivity index (χ1v) is 15.5. The molecule has 14 nitrogen and oxygen atoms in total. The predicted molar refractivity (Wildman–Crippen MR) is 151 cm³/mol. The van der Waals surface area contributed by atoms with Crippen molar-refractivity contribution in [2.24, 2.45) is 0 Å². The molecule has 0 aromatic carbocycles. The zero-order valence-electron chi connectivity index (χ0n) is 24.2. The molecule has 0 bridgehead atoms. The number of carboxylic acid groups (broad SMARTS) is 2. The molecular formula is C26H47N2O12P. The van der Waals surface area contributed by atoms with Crippen LogP contribution in [0.2, 0.25) is 0 Å². The Morgan fingerprint density at radius 2 is 1.46 bits per heavy atom. The summed E-state index contributed by atoms with van der Waals surface area (Å²) in [5, 5.41) is 26.3. The summed E-state index contributed by atoms with van der Waals surface area (Å²) in [5.41, 5.74) is -0.918. The number of H-pyrrole nitrogens is 1. The maximum Gasteiger partial charge on any atom is 0.469 e. The quantitative estimate of drug-likeness (QED) is 0.117. The Morgan fingerprint density at radius 1 is 0.976 bits per heavy atom. The van der Waals surface area contributed by atoms with Gasteiger partial charge in [0.25, 0.3) is 5.56 Å². The number of aromatic nitrogens is 2. The zero-order chi connectivity index (χ0) is 31.4. The number of carbonyl (C=O) groups is 2. The number of aryl methyl sites for hydroxylation is 1. The molecule has 1 aliphatic rings. The molecule has 0 radical (unpaired) electrons. The van der Waals surface area contributed by atoms with Gasteiger partial charge in [-0.2, -0.15) is 0 Å². The maximum atomic E-state index is 11.7. The van der Waals surface area contributed by atoms with E-state index in [1.807, 2.05) is 0 Å². The SMILES string of the molecule is CCCCCCCC(=O)O.CCCCCCCC(=O)O.Cc1cn([C@H]2C[C@H](O)[C@@H](COP(=O)(O)O)O2)c(=O)[nH]c1=O. The van der Waals surface area contributed by atoms with Crippen molar-refractivity contribution in [3.05, 3.63) is 32.6 Å². The van der Waals surface area contributed by atoms with Crippen molar-refractivity contribution >= 4 is 19.8 Å². The summed E-state index contributed by atoms with van der Waals surface area (Å²) >= 11 is 0. The molecule has 2 heterocycles. The van der Waals surface area contributed by atoms with E-state index in [0.717, 1.165) is 30.3 Å². The van der Waals surface area contributed by atoms with E-state index in [4.69, 9.17) is 24.7 Å². The lowest BCUT2D eigenvalue weighted by molar-refractivity contribution is -0.138. The largest absolute Gasteiger partial charge is 0.481 e. The number of aliphatic carboxylic acids is 2. The van der Waals surface area contributed by atoms with E-state index >= 15 is 0 Å². The second kappa shape index (κ2) is 21.4. The number of phosphoric acid groups is 1. The molecule has 6 N–H and O–H groups in total. The number of unbranched alkanes of at least 4 members (excludes halogenated alkanes) is 8. The molecule has 238 valence electrons. The molecule has 0 amide bonds. The van der Waals surface area contributed by atoms with Gasteiger partial charge in [-0.05, 0) is 19.8 Å². The molecule has 0 saturated carbocycles. The Balaban J connectivity index is 0.000000672. The monoisotopic (exact) mass is 610 g/mol. The van der Waals surface area contributed by atoms with E-state index in [-0.39, 0.29) is 6.42 Å². The van der Waals surface area contributed by atoms with Gasteiger partial charge in [0.1, 0.15) is 12.3 Å². The third-order valence-electron chi connectivity index (χ3n) is 6.06. The van der Waals surface area contributed by atoms with Gasteiger partial charge in [0.2, 0.25) is 0 Å². The molecule has 0 spiro atoms. The fraction of sp³-hybridized carbons (Fsp3) is 0.769. The van der Waals surface area contributed by atoms with Crippen molar-refractivity contribution in [2.45, 2.75) is 123 Å². The summed E-state index contributed by atoms with van der Waals surface area (Å²) in [6, 6.07) is 0.